The van der Waals surface area contributed by atoms with Gasteiger partial charge in [-0.25, -0.2) is 5.84 Å². The quantitative estimate of drug-likeness (QED) is 0.0617. The van der Waals surface area contributed by atoms with E-state index in [-0.39, 0.29) is 28.1 Å². The lowest BCUT2D eigenvalue weighted by molar-refractivity contribution is -0.907. The fourth-order valence-corrected chi connectivity index (χ4v) is 6.75. The summed E-state index contributed by atoms with van der Waals surface area (Å²) < 4.78 is 1.44. The molecule has 2 fully saturated rings. The number of rotatable bonds is 8. The number of hydrogen-bond acceptors (Lipinski definition) is 12. The van der Waals surface area contributed by atoms with Crippen LogP contribution in [-0.2, 0) is 24.0 Å². The van der Waals surface area contributed by atoms with Crippen LogP contribution in [-0.4, -0.2) is 93.8 Å². The molecule has 6 N–H and O–H groups in total. The summed E-state index contributed by atoms with van der Waals surface area (Å²) in [6.45, 7) is 0.928. The van der Waals surface area contributed by atoms with Gasteiger partial charge in [-0.3, -0.25) is 24.7 Å². The van der Waals surface area contributed by atoms with Gasteiger partial charge in [0.05, 0.1) is 31.0 Å². The first-order valence-electron chi connectivity index (χ1n) is 10.7. The van der Waals surface area contributed by atoms with Crippen LogP contribution < -0.4 is 27.4 Å². The summed E-state index contributed by atoms with van der Waals surface area (Å²) in [5.74, 6) is 2.72. The Bertz CT molecular complexity index is 1060. The molecule has 3 amide bonds. The topological polar surface area (TPSA) is 196 Å². The fourth-order valence-electron chi connectivity index (χ4n) is 4.88. The minimum atomic E-state index is -1.48. The summed E-state index contributed by atoms with van der Waals surface area (Å²) in [6.07, 6.45) is 1.42. The van der Waals surface area contributed by atoms with Crippen molar-refractivity contribution >= 4 is 53.1 Å². The summed E-state index contributed by atoms with van der Waals surface area (Å²) >= 11 is 2.41. The molecule has 0 bridgehead atoms. The number of likely N-dealkylation sites (tertiary alicyclic amines) is 1. The van der Waals surface area contributed by atoms with Crippen LogP contribution in [0, 0.1) is 0 Å². The number of oxime groups is 1. The summed E-state index contributed by atoms with van der Waals surface area (Å²) in [7, 11) is 3.14. The molecule has 4 heterocycles. The Morgan fingerprint density at radius 3 is 2.77 bits per heavy atom. The lowest BCUT2D eigenvalue weighted by Crippen LogP contribution is -2.72. The molecule has 35 heavy (non-hydrogen) atoms. The second-order valence-corrected chi connectivity index (χ2v) is 10.7. The van der Waals surface area contributed by atoms with E-state index in [9.17, 15) is 24.3 Å². The van der Waals surface area contributed by atoms with E-state index in [4.69, 9.17) is 16.4 Å². The third kappa shape index (κ3) is 4.58. The second kappa shape index (κ2) is 9.69. The zero-order valence-corrected chi connectivity index (χ0v) is 20.7. The van der Waals surface area contributed by atoms with Crippen LogP contribution in [0.25, 0.3) is 0 Å². The predicted octanol–water partition coefficient (Wildman–Crippen LogP) is -3.33. The van der Waals surface area contributed by atoms with E-state index < -0.39 is 41.1 Å². The van der Waals surface area contributed by atoms with Crippen LogP contribution in [0.15, 0.2) is 27.5 Å². The number of quaternary nitrogens is 1. The highest BCUT2D eigenvalue weighted by Crippen LogP contribution is 2.41. The van der Waals surface area contributed by atoms with Crippen molar-refractivity contribution in [3.63, 3.8) is 0 Å². The molecule has 0 aromatic rings. The molecule has 4 atom stereocenters. The van der Waals surface area contributed by atoms with Gasteiger partial charge in [-0.2, -0.15) is 0 Å². The van der Waals surface area contributed by atoms with E-state index in [0.29, 0.717) is 24.3 Å². The zero-order chi connectivity index (χ0) is 25.5. The number of aliphatic carboxylic acids is 1. The largest absolute Gasteiger partial charge is 0.543 e. The minimum absolute atomic E-state index is 0.125. The van der Waals surface area contributed by atoms with Gasteiger partial charge in [-0.15, -0.1) is 11.8 Å². The number of nitrogens with one attached hydrogen (secondary N) is 2. The summed E-state index contributed by atoms with van der Waals surface area (Å²) in [4.78, 5) is 55.8. The number of nitrogens with two attached hydrogens (primary N) is 2. The van der Waals surface area contributed by atoms with E-state index in [1.165, 1.54) is 18.9 Å². The summed E-state index contributed by atoms with van der Waals surface area (Å²) in [6, 6.07) is -1.39. The number of carboxylic acids is 1. The van der Waals surface area contributed by atoms with Crippen molar-refractivity contribution in [2.24, 2.45) is 16.7 Å². The number of carbonyl (C=O) groups is 4. The van der Waals surface area contributed by atoms with Crippen molar-refractivity contribution in [3.05, 3.63) is 22.4 Å². The van der Waals surface area contributed by atoms with Gasteiger partial charge in [-0.05, 0) is 11.9 Å². The number of nitrogens with zero attached hydrogens (tertiary/aromatic N) is 4. The number of amides is 3. The maximum atomic E-state index is 13.0. The van der Waals surface area contributed by atoms with Crippen LogP contribution in [0.2, 0.25) is 0 Å². The molecule has 0 saturated carbocycles. The van der Waals surface area contributed by atoms with E-state index in [1.807, 2.05) is 7.05 Å². The zero-order valence-electron chi connectivity index (χ0n) is 19.1. The van der Waals surface area contributed by atoms with Gasteiger partial charge < -0.3 is 30.3 Å². The molecule has 4 rings (SSSR count). The number of hydrogen-bond donors (Lipinski definition) is 4. The van der Waals surface area contributed by atoms with Crippen LogP contribution in [0.3, 0.4) is 0 Å². The molecule has 16 heteroatoms. The number of carboxylic acid groups (broad SMARTS) is 1. The Morgan fingerprint density at radius 1 is 1.43 bits per heavy atom. The number of thioether (sulfide) groups is 1. The SMILES string of the molecule is CO/N=C(\C(=O)N[C@@H]1C(=O)N2C(C(=O)[O-])=C(C[N@+]3(C)CCC[C@H]3C(N)=O)CS[C@H]12)C1=CSN(N)N1. The molecular formula is C19H26N8O6S2. The maximum Gasteiger partial charge on any atom is 0.276 e. The molecule has 4 aliphatic heterocycles. The minimum Gasteiger partial charge on any atom is -0.543 e. The van der Waals surface area contributed by atoms with Crippen molar-refractivity contribution in [3.8, 4) is 0 Å². The first kappa shape index (κ1) is 25.3. The van der Waals surface area contributed by atoms with Gasteiger partial charge in [0.15, 0.2) is 11.8 Å². The second-order valence-electron chi connectivity index (χ2n) is 8.72. The molecule has 0 aliphatic carbocycles. The van der Waals surface area contributed by atoms with Crippen molar-refractivity contribution in [1.82, 2.24) is 20.2 Å². The van der Waals surface area contributed by atoms with E-state index in [0.717, 1.165) is 27.8 Å². The number of β-lactam (4-membered cyclic amide) rings is 1. The van der Waals surface area contributed by atoms with Gasteiger partial charge in [-0.1, -0.05) is 9.68 Å². The van der Waals surface area contributed by atoms with Crippen molar-refractivity contribution < 1.29 is 33.6 Å². The highest BCUT2D eigenvalue weighted by Gasteiger charge is 2.54. The van der Waals surface area contributed by atoms with Crippen molar-refractivity contribution in [1.29, 1.82) is 0 Å². The standard InChI is InChI=1S/C19H26N8O6S2/c1-27(5-3-4-11(27)15(20)28)6-9-7-34-18-13(17(30)25(18)14(9)19(31)32)22-16(29)12(24-33-2)10-8-35-26(21)23-10/h8,11,13,18,23H,3-7,21H2,1-2H3,(H3-,20,22,28,29,31,32)/b24-12-/t11-,13+,18+,27-/m0/s1. The molecule has 0 spiro atoms. The average Bonchev–Trinajstić information content (AvgIpc) is 3.40. The van der Waals surface area contributed by atoms with Gasteiger partial charge in [0, 0.05) is 29.6 Å². The number of carbonyl (C=O) groups excluding carboxylic acids is 4. The number of primary amides is 1. The first-order chi connectivity index (χ1) is 16.6. The maximum absolute atomic E-state index is 13.0. The molecule has 2 saturated heterocycles. The highest BCUT2D eigenvalue weighted by molar-refractivity contribution is 8.00. The van der Waals surface area contributed by atoms with E-state index in [2.05, 4.69) is 15.9 Å². The Hall–Kier alpha value is -2.79. The predicted molar refractivity (Wildman–Crippen MR) is 124 cm³/mol. The van der Waals surface area contributed by atoms with Crippen LogP contribution in [0.1, 0.15) is 12.8 Å². The average molecular weight is 527 g/mol. The number of hydrazine groups is 2. The van der Waals surface area contributed by atoms with E-state index >= 15 is 0 Å². The number of fused-ring (bicyclic) bond motifs is 1. The molecule has 0 aromatic carbocycles. The molecule has 190 valence electrons. The van der Waals surface area contributed by atoms with E-state index in [1.54, 1.807) is 5.41 Å². The normalized spacial score (nSPS) is 30.9. The molecule has 14 nitrogen and oxygen atoms in total. The van der Waals surface area contributed by atoms with Crippen LogP contribution in [0.4, 0.5) is 0 Å². The molecule has 0 radical (unpaired) electrons. The summed E-state index contributed by atoms with van der Waals surface area (Å²) in [5, 5.41) is 19.3. The summed E-state index contributed by atoms with van der Waals surface area (Å²) in [5.41, 5.74) is 8.73. The molecule has 0 unspecified atom stereocenters. The highest BCUT2D eigenvalue weighted by atomic mass is 32.2. The lowest BCUT2D eigenvalue weighted by atomic mass is 10.0. The molecule has 0 aromatic heterocycles. The third-order valence-corrected chi connectivity index (χ3v) is 8.47. The van der Waals surface area contributed by atoms with Crippen molar-refractivity contribution in [2.45, 2.75) is 30.3 Å². The van der Waals surface area contributed by atoms with Gasteiger partial charge >= 0.3 is 0 Å². The van der Waals surface area contributed by atoms with Gasteiger partial charge in [0.25, 0.3) is 17.7 Å². The monoisotopic (exact) mass is 526 g/mol. The Kier molecular flexibility index (Phi) is 7.01. The number of likely N-dealkylation sites (N-methyl/N-ethyl adjacent to an activating group) is 1. The Morgan fingerprint density at radius 2 is 2.17 bits per heavy atom. The van der Waals surface area contributed by atoms with Gasteiger partial charge in [0.1, 0.15) is 25.1 Å². The lowest BCUT2D eigenvalue weighted by Gasteiger charge is -2.51. The Labute approximate surface area is 209 Å². The first-order valence-corrected chi connectivity index (χ1v) is 12.6. The fraction of sp³-hybridized carbons (Fsp3) is 0.526. The van der Waals surface area contributed by atoms with Crippen LogP contribution >= 0.6 is 23.7 Å². The Balaban J connectivity index is 1.52. The van der Waals surface area contributed by atoms with Gasteiger partial charge in [0.2, 0.25) is 0 Å². The van der Waals surface area contributed by atoms with Crippen LogP contribution in [0.5, 0.6) is 0 Å². The van der Waals surface area contributed by atoms with Crippen molar-refractivity contribution in [2.75, 3.05) is 33.0 Å². The third-order valence-electron chi connectivity index (χ3n) is 6.47. The molecular weight excluding hydrogens is 500 g/mol. The smallest absolute Gasteiger partial charge is 0.276 e. The molecule has 4 aliphatic rings.